The Labute approximate surface area is 239 Å². The Bertz CT molecular complexity index is 1220. The van der Waals surface area contributed by atoms with Crippen molar-refractivity contribution in [2.45, 2.75) is 12.1 Å². The maximum absolute atomic E-state index is 12.4. The molecule has 0 heterocycles. The number of carbonyl (C=O) groups is 2. The molecule has 0 fully saturated rings. The number of benzene rings is 4. The molecule has 4 rings (SSSR count). The SMILES string of the molecule is Br.Br.N[C@@H](CSSC[C@H](N)C(=O)Nc1ccc2ccccc2c1)C(=O)Nc1ccc2ccccc2c1. The van der Waals surface area contributed by atoms with Gasteiger partial charge in [-0.25, -0.2) is 0 Å². The Morgan fingerprint density at radius 2 is 0.972 bits per heavy atom. The highest BCUT2D eigenvalue weighted by atomic mass is 79.9. The van der Waals surface area contributed by atoms with Gasteiger partial charge in [0.05, 0.1) is 12.1 Å². The van der Waals surface area contributed by atoms with Gasteiger partial charge in [-0.05, 0) is 45.8 Å². The number of nitrogens with two attached hydrogens (primary N) is 2. The van der Waals surface area contributed by atoms with Crippen LogP contribution in [0.1, 0.15) is 0 Å². The molecule has 0 saturated carbocycles. The number of carbonyl (C=O) groups excluding carboxylic acids is 2. The van der Waals surface area contributed by atoms with Gasteiger partial charge in [-0.3, -0.25) is 9.59 Å². The molecule has 4 aromatic rings. The number of nitrogens with one attached hydrogen (secondary N) is 2. The predicted octanol–water partition coefficient (Wildman–Crippen LogP) is 5.76. The molecule has 0 saturated heterocycles. The summed E-state index contributed by atoms with van der Waals surface area (Å²) in [6, 6.07) is 26.1. The smallest absolute Gasteiger partial charge is 0.242 e. The lowest BCUT2D eigenvalue weighted by Crippen LogP contribution is -2.38. The number of anilines is 2. The van der Waals surface area contributed by atoms with E-state index >= 15 is 0 Å². The highest BCUT2D eigenvalue weighted by Crippen LogP contribution is 2.24. The van der Waals surface area contributed by atoms with Crippen molar-refractivity contribution in [3.63, 3.8) is 0 Å². The minimum absolute atomic E-state index is 0. The summed E-state index contributed by atoms with van der Waals surface area (Å²) in [5, 5.41) is 10.1. The van der Waals surface area contributed by atoms with Gasteiger partial charge in [0.1, 0.15) is 0 Å². The fourth-order valence-corrected chi connectivity index (χ4v) is 5.64. The highest BCUT2D eigenvalue weighted by molar-refractivity contribution is 8.93. The van der Waals surface area contributed by atoms with Gasteiger partial charge < -0.3 is 22.1 Å². The van der Waals surface area contributed by atoms with Crippen molar-refractivity contribution in [1.29, 1.82) is 0 Å². The zero-order chi connectivity index (χ0) is 23.9. The summed E-state index contributed by atoms with van der Waals surface area (Å²) in [5.74, 6) is 0.315. The molecule has 10 heteroatoms. The highest BCUT2D eigenvalue weighted by Gasteiger charge is 2.17. The van der Waals surface area contributed by atoms with E-state index in [0.29, 0.717) is 22.9 Å². The fraction of sp³-hybridized carbons (Fsp3) is 0.154. The van der Waals surface area contributed by atoms with Crippen molar-refractivity contribution >= 4 is 100 Å². The lowest BCUT2D eigenvalue weighted by molar-refractivity contribution is -0.117. The van der Waals surface area contributed by atoms with E-state index in [1.54, 1.807) is 0 Å². The van der Waals surface area contributed by atoms with Crippen LogP contribution < -0.4 is 22.1 Å². The topological polar surface area (TPSA) is 110 Å². The molecule has 0 aliphatic carbocycles. The zero-order valence-corrected chi connectivity index (χ0v) is 24.3. The van der Waals surface area contributed by atoms with Crippen LogP contribution in [0.5, 0.6) is 0 Å². The number of amides is 2. The van der Waals surface area contributed by atoms with Crippen LogP contribution in [0.4, 0.5) is 11.4 Å². The first kappa shape index (κ1) is 30.1. The quantitative estimate of drug-likeness (QED) is 0.135. The molecule has 0 aliphatic rings. The lowest BCUT2D eigenvalue weighted by atomic mass is 10.1. The molecule has 36 heavy (non-hydrogen) atoms. The predicted molar refractivity (Wildman–Crippen MR) is 167 cm³/mol. The standard InChI is InChI=1S/C26H26N4O2S2.2BrH/c27-23(25(31)29-21-11-9-17-5-1-3-7-19(17)13-21)15-33-34-16-24(28)26(32)30-22-12-10-18-6-2-4-8-20(18)14-22;;/h1-14,23-24H,15-16,27-28H2,(H,29,31)(H,30,32);2*1H/t23-,24-;;/m0../s1. The summed E-state index contributed by atoms with van der Waals surface area (Å²) in [5.41, 5.74) is 13.5. The maximum atomic E-state index is 12.4. The lowest BCUT2D eigenvalue weighted by Gasteiger charge is -2.14. The van der Waals surface area contributed by atoms with Crippen molar-refractivity contribution in [2.24, 2.45) is 11.5 Å². The maximum Gasteiger partial charge on any atom is 0.242 e. The largest absolute Gasteiger partial charge is 0.325 e. The van der Waals surface area contributed by atoms with Crippen LogP contribution >= 0.6 is 55.6 Å². The molecule has 2 amide bonds. The first-order valence-electron chi connectivity index (χ1n) is 10.8. The molecule has 0 bridgehead atoms. The minimum atomic E-state index is -0.674. The fourth-order valence-electron chi connectivity index (χ4n) is 3.40. The summed E-state index contributed by atoms with van der Waals surface area (Å²) >= 11 is 0. The molecule has 0 radical (unpaired) electrons. The number of hydrogen-bond donors (Lipinski definition) is 4. The number of fused-ring (bicyclic) bond motifs is 2. The van der Waals surface area contributed by atoms with Gasteiger partial charge in [0.2, 0.25) is 11.8 Å². The molecule has 0 aromatic heterocycles. The molecule has 4 aromatic carbocycles. The average molecular weight is 652 g/mol. The van der Waals surface area contributed by atoms with Crippen molar-refractivity contribution in [3.05, 3.63) is 84.9 Å². The summed E-state index contributed by atoms with van der Waals surface area (Å²) < 4.78 is 0. The van der Waals surface area contributed by atoms with E-state index in [9.17, 15) is 9.59 Å². The molecular formula is C26H28Br2N4O2S2. The summed E-state index contributed by atoms with van der Waals surface area (Å²) in [4.78, 5) is 24.9. The van der Waals surface area contributed by atoms with Crippen LogP contribution in [0.2, 0.25) is 0 Å². The minimum Gasteiger partial charge on any atom is -0.325 e. The second kappa shape index (κ2) is 14.6. The second-order valence-electron chi connectivity index (χ2n) is 7.88. The Hall–Kier alpha value is -2.08. The Balaban J connectivity index is 0.00000228. The summed E-state index contributed by atoms with van der Waals surface area (Å²) in [6.45, 7) is 0. The van der Waals surface area contributed by atoms with Crippen molar-refractivity contribution in [2.75, 3.05) is 22.1 Å². The van der Waals surface area contributed by atoms with E-state index in [1.807, 2.05) is 84.9 Å². The van der Waals surface area contributed by atoms with E-state index in [-0.39, 0.29) is 45.8 Å². The normalized spacial score (nSPS) is 12.2. The average Bonchev–Trinajstić information content (AvgIpc) is 2.86. The van der Waals surface area contributed by atoms with Gasteiger partial charge in [0.15, 0.2) is 0 Å². The van der Waals surface area contributed by atoms with E-state index in [2.05, 4.69) is 10.6 Å². The van der Waals surface area contributed by atoms with E-state index < -0.39 is 12.1 Å². The third kappa shape index (κ3) is 8.22. The molecule has 190 valence electrons. The summed E-state index contributed by atoms with van der Waals surface area (Å²) in [6.07, 6.45) is 0. The molecule has 0 unspecified atom stereocenters. The van der Waals surface area contributed by atoms with Crippen LogP contribution in [0.25, 0.3) is 21.5 Å². The van der Waals surface area contributed by atoms with Crippen LogP contribution in [-0.4, -0.2) is 35.4 Å². The van der Waals surface area contributed by atoms with E-state index in [4.69, 9.17) is 11.5 Å². The second-order valence-corrected chi connectivity index (χ2v) is 10.4. The molecule has 2 atom stereocenters. The Kier molecular flexibility index (Phi) is 12.2. The van der Waals surface area contributed by atoms with Crippen molar-refractivity contribution < 1.29 is 9.59 Å². The van der Waals surface area contributed by atoms with Crippen molar-refractivity contribution in [1.82, 2.24) is 0 Å². The van der Waals surface area contributed by atoms with Crippen LogP contribution in [-0.2, 0) is 9.59 Å². The summed E-state index contributed by atoms with van der Waals surface area (Å²) in [7, 11) is 2.86. The van der Waals surface area contributed by atoms with Crippen LogP contribution in [0.15, 0.2) is 84.9 Å². The monoisotopic (exact) mass is 650 g/mol. The molecule has 0 spiro atoms. The Morgan fingerprint density at radius 1 is 0.611 bits per heavy atom. The number of rotatable bonds is 9. The van der Waals surface area contributed by atoms with Gasteiger partial charge in [0, 0.05) is 22.9 Å². The van der Waals surface area contributed by atoms with Gasteiger partial charge >= 0.3 is 0 Å². The third-order valence-electron chi connectivity index (χ3n) is 5.29. The van der Waals surface area contributed by atoms with Crippen molar-refractivity contribution in [3.8, 4) is 0 Å². The first-order chi connectivity index (χ1) is 16.5. The molecule has 6 N–H and O–H groups in total. The van der Waals surface area contributed by atoms with E-state index in [1.165, 1.54) is 21.6 Å². The zero-order valence-electron chi connectivity index (χ0n) is 19.3. The van der Waals surface area contributed by atoms with Gasteiger partial charge in [-0.2, -0.15) is 0 Å². The Morgan fingerprint density at radius 3 is 1.36 bits per heavy atom. The van der Waals surface area contributed by atoms with Crippen LogP contribution in [0.3, 0.4) is 0 Å². The van der Waals surface area contributed by atoms with Gasteiger partial charge in [0.25, 0.3) is 0 Å². The third-order valence-corrected chi connectivity index (χ3v) is 7.76. The number of hydrogen-bond acceptors (Lipinski definition) is 6. The molecular weight excluding hydrogens is 624 g/mol. The van der Waals surface area contributed by atoms with Gasteiger partial charge in [-0.1, -0.05) is 82.3 Å². The van der Waals surface area contributed by atoms with Crippen LogP contribution in [0, 0.1) is 0 Å². The molecule has 0 aliphatic heterocycles. The van der Waals surface area contributed by atoms with E-state index in [0.717, 1.165) is 21.5 Å². The number of halogens is 2. The molecule has 6 nitrogen and oxygen atoms in total. The van der Waals surface area contributed by atoms with Gasteiger partial charge in [-0.15, -0.1) is 34.0 Å². The first-order valence-corrected chi connectivity index (χ1v) is 13.3.